The van der Waals surface area contributed by atoms with Crippen LogP contribution in [0.15, 0.2) is 84.9 Å². The van der Waals surface area contributed by atoms with Gasteiger partial charge in [0.2, 0.25) is 0 Å². The van der Waals surface area contributed by atoms with Crippen molar-refractivity contribution in [2.75, 3.05) is 6.61 Å². The quantitative estimate of drug-likeness (QED) is 0.359. The molecule has 0 N–H and O–H groups in total. The largest absolute Gasteiger partial charge is 0.404 e. The van der Waals surface area contributed by atoms with Crippen LogP contribution in [0.4, 0.5) is 0 Å². The molecule has 3 aromatic rings. The minimum atomic E-state index is -2.51. The second-order valence-electron chi connectivity index (χ2n) is 6.43. The topological polar surface area (TPSA) is 9.23 Å². The summed E-state index contributed by atoms with van der Waals surface area (Å²) in [7, 11) is -2.51. The fourth-order valence-electron chi connectivity index (χ4n) is 3.41. The number of hydrogen-bond donors (Lipinski definition) is 0. The van der Waals surface area contributed by atoms with Crippen LogP contribution in [0.2, 0.25) is 0 Å². The maximum Gasteiger partial charge on any atom is 0.288 e. The summed E-state index contributed by atoms with van der Waals surface area (Å²) in [4.78, 5) is 0. The van der Waals surface area contributed by atoms with Crippen LogP contribution in [0.1, 0.15) is 25.3 Å². The third-order valence-electron chi connectivity index (χ3n) is 4.70. The smallest absolute Gasteiger partial charge is 0.288 e. The van der Waals surface area contributed by atoms with E-state index in [1.165, 1.54) is 21.1 Å². The highest BCUT2D eigenvalue weighted by atomic mass is 28.4. The first kappa shape index (κ1) is 17.7. The van der Waals surface area contributed by atoms with Gasteiger partial charge in [-0.3, -0.25) is 0 Å². The van der Waals surface area contributed by atoms with Crippen molar-refractivity contribution in [3.8, 4) is 0 Å². The monoisotopic (exact) mass is 346 g/mol. The molecule has 0 aliphatic rings. The standard InChI is InChI=1S/C23H26OSi/c1-3-4-19-24-25(21-14-7-5-8-15-21,22-16-9-6-10-17-22)23-18-12-11-13-20(23)2/h5-18H,3-4,19H2,1-2H3. The highest BCUT2D eigenvalue weighted by Crippen LogP contribution is 2.13. The van der Waals surface area contributed by atoms with Crippen molar-refractivity contribution in [2.45, 2.75) is 26.7 Å². The first-order chi connectivity index (χ1) is 12.3. The summed E-state index contributed by atoms with van der Waals surface area (Å²) < 4.78 is 6.85. The van der Waals surface area contributed by atoms with Crippen LogP contribution in [-0.4, -0.2) is 14.9 Å². The number of benzene rings is 3. The molecule has 1 nitrogen and oxygen atoms in total. The Balaban J connectivity index is 2.26. The molecule has 0 bridgehead atoms. The molecule has 0 fully saturated rings. The Morgan fingerprint density at radius 3 is 1.76 bits per heavy atom. The molecule has 0 unspecified atom stereocenters. The van der Waals surface area contributed by atoms with Gasteiger partial charge in [-0.1, -0.05) is 98.3 Å². The molecular formula is C23H26OSi. The van der Waals surface area contributed by atoms with Crippen LogP contribution in [0.3, 0.4) is 0 Å². The molecule has 0 saturated heterocycles. The van der Waals surface area contributed by atoms with Crippen molar-refractivity contribution in [3.05, 3.63) is 90.5 Å². The molecule has 0 radical (unpaired) electrons. The molecule has 0 amide bonds. The number of hydrogen-bond acceptors (Lipinski definition) is 1. The molecule has 0 aliphatic carbocycles. The lowest BCUT2D eigenvalue weighted by Crippen LogP contribution is -2.70. The Hall–Kier alpha value is -2.16. The van der Waals surface area contributed by atoms with E-state index in [4.69, 9.17) is 4.43 Å². The van der Waals surface area contributed by atoms with E-state index in [2.05, 4.69) is 98.8 Å². The molecule has 0 heterocycles. The van der Waals surface area contributed by atoms with Gasteiger partial charge in [0.15, 0.2) is 0 Å². The Labute approximate surface area is 152 Å². The van der Waals surface area contributed by atoms with Gasteiger partial charge in [-0.15, -0.1) is 0 Å². The van der Waals surface area contributed by atoms with Gasteiger partial charge in [0, 0.05) is 6.61 Å². The summed E-state index contributed by atoms with van der Waals surface area (Å²) in [5.74, 6) is 0. The summed E-state index contributed by atoms with van der Waals surface area (Å²) >= 11 is 0. The zero-order valence-corrected chi connectivity index (χ0v) is 16.1. The van der Waals surface area contributed by atoms with E-state index in [0.717, 1.165) is 19.4 Å². The molecule has 0 saturated carbocycles. The highest BCUT2D eigenvalue weighted by molar-refractivity contribution is 7.07. The van der Waals surface area contributed by atoms with Crippen molar-refractivity contribution in [1.82, 2.24) is 0 Å². The van der Waals surface area contributed by atoms with E-state index in [9.17, 15) is 0 Å². The second kappa shape index (κ2) is 8.28. The van der Waals surface area contributed by atoms with Gasteiger partial charge < -0.3 is 4.43 Å². The average Bonchev–Trinajstić information content (AvgIpc) is 2.68. The van der Waals surface area contributed by atoms with Gasteiger partial charge in [0.25, 0.3) is 8.32 Å². The molecule has 0 aromatic heterocycles. The fourth-order valence-corrected chi connectivity index (χ4v) is 7.59. The van der Waals surface area contributed by atoms with E-state index in [1.54, 1.807) is 0 Å². The number of unbranched alkanes of at least 4 members (excludes halogenated alkanes) is 1. The third kappa shape index (κ3) is 3.60. The lowest BCUT2D eigenvalue weighted by molar-refractivity contribution is 0.314. The minimum Gasteiger partial charge on any atom is -0.404 e. The van der Waals surface area contributed by atoms with Gasteiger partial charge in [0.1, 0.15) is 0 Å². The Bertz CT molecular complexity index is 744. The average molecular weight is 347 g/mol. The summed E-state index contributed by atoms with van der Waals surface area (Å²) in [6.45, 7) is 5.21. The molecule has 3 aromatic carbocycles. The molecule has 0 spiro atoms. The van der Waals surface area contributed by atoms with Crippen LogP contribution in [0, 0.1) is 6.92 Å². The Morgan fingerprint density at radius 2 is 1.24 bits per heavy atom. The van der Waals surface area contributed by atoms with Crippen molar-refractivity contribution in [2.24, 2.45) is 0 Å². The van der Waals surface area contributed by atoms with E-state index in [-0.39, 0.29) is 0 Å². The third-order valence-corrected chi connectivity index (χ3v) is 8.95. The lowest BCUT2D eigenvalue weighted by atomic mass is 10.2. The normalized spacial score (nSPS) is 11.4. The predicted octanol–water partition coefficient (Wildman–Crippen LogP) is 3.78. The van der Waals surface area contributed by atoms with Crippen molar-refractivity contribution < 1.29 is 4.43 Å². The molecule has 0 aliphatic heterocycles. The van der Waals surface area contributed by atoms with Crippen LogP contribution >= 0.6 is 0 Å². The maximum atomic E-state index is 6.85. The molecule has 2 heteroatoms. The van der Waals surface area contributed by atoms with E-state index in [0.29, 0.717) is 0 Å². The first-order valence-electron chi connectivity index (χ1n) is 9.10. The van der Waals surface area contributed by atoms with Crippen LogP contribution < -0.4 is 15.6 Å². The maximum absolute atomic E-state index is 6.85. The van der Waals surface area contributed by atoms with E-state index in [1.807, 2.05) is 0 Å². The fraction of sp³-hybridized carbons (Fsp3) is 0.217. The van der Waals surface area contributed by atoms with Crippen LogP contribution in [0.25, 0.3) is 0 Å². The van der Waals surface area contributed by atoms with Crippen molar-refractivity contribution in [1.29, 1.82) is 0 Å². The molecule has 128 valence electrons. The van der Waals surface area contributed by atoms with Gasteiger partial charge in [-0.25, -0.2) is 0 Å². The molecular weight excluding hydrogens is 320 g/mol. The summed E-state index contributed by atoms with van der Waals surface area (Å²) in [6.07, 6.45) is 2.22. The predicted molar refractivity (Wildman–Crippen MR) is 110 cm³/mol. The summed E-state index contributed by atoms with van der Waals surface area (Å²) in [5.41, 5.74) is 1.30. The van der Waals surface area contributed by atoms with Crippen molar-refractivity contribution >= 4 is 23.9 Å². The second-order valence-corrected chi connectivity index (χ2v) is 9.77. The number of rotatable bonds is 7. The lowest BCUT2D eigenvalue weighted by Gasteiger charge is -2.34. The minimum absolute atomic E-state index is 0.793. The van der Waals surface area contributed by atoms with E-state index >= 15 is 0 Å². The van der Waals surface area contributed by atoms with E-state index < -0.39 is 8.32 Å². The summed E-state index contributed by atoms with van der Waals surface area (Å²) in [5, 5.41) is 3.97. The van der Waals surface area contributed by atoms with Gasteiger partial charge in [-0.2, -0.15) is 0 Å². The highest BCUT2D eigenvalue weighted by Gasteiger charge is 2.42. The zero-order valence-electron chi connectivity index (χ0n) is 15.1. The molecule has 3 rings (SSSR count). The SMILES string of the molecule is CCCCO[Si](c1ccccc1)(c1ccccc1)c1ccccc1C. The van der Waals surface area contributed by atoms with Crippen LogP contribution in [-0.2, 0) is 4.43 Å². The van der Waals surface area contributed by atoms with Gasteiger partial charge in [0.05, 0.1) is 0 Å². The van der Waals surface area contributed by atoms with Crippen LogP contribution in [0.5, 0.6) is 0 Å². The van der Waals surface area contributed by atoms with Crippen molar-refractivity contribution in [3.63, 3.8) is 0 Å². The van der Waals surface area contributed by atoms with Gasteiger partial charge >= 0.3 is 0 Å². The van der Waals surface area contributed by atoms with Gasteiger partial charge in [-0.05, 0) is 34.5 Å². The molecule has 0 atom stereocenters. The first-order valence-corrected chi connectivity index (χ1v) is 11.0. The molecule has 25 heavy (non-hydrogen) atoms. The summed E-state index contributed by atoms with van der Waals surface area (Å²) in [6, 6.07) is 30.3. The Morgan fingerprint density at radius 1 is 0.720 bits per heavy atom. The zero-order chi connectivity index (χ0) is 17.5. The number of aryl methyl sites for hydroxylation is 1. The Kier molecular flexibility index (Phi) is 5.85.